The van der Waals surface area contributed by atoms with Gasteiger partial charge in [-0.25, -0.2) is 14.8 Å². The molecule has 3 aromatic carbocycles. The van der Waals surface area contributed by atoms with Gasteiger partial charge in [-0.3, -0.25) is 4.57 Å². The molecule has 8 nitrogen and oxygen atoms in total. The third-order valence-electron chi connectivity index (χ3n) is 6.73. The molecule has 3 heterocycles. The van der Waals surface area contributed by atoms with Crippen LogP contribution in [0, 0.1) is 0 Å². The molecule has 0 aliphatic carbocycles. The normalized spacial score (nSPS) is 15.8. The van der Waals surface area contributed by atoms with E-state index in [1.807, 2.05) is 47.0 Å². The van der Waals surface area contributed by atoms with Crippen molar-refractivity contribution >= 4 is 40.2 Å². The first-order valence-electron chi connectivity index (χ1n) is 11.9. The highest BCUT2D eigenvalue weighted by Crippen LogP contribution is 2.41. The molecular formula is C28H24N4O4. The van der Waals surface area contributed by atoms with Gasteiger partial charge in [0, 0.05) is 30.4 Å². The third-order valence-corrected chi connectivity index (χ3v) is 6.73. The van der Waals surface area contributed by atoms with Crippen LogP contribution in [0.3, 0.4) is 0 Å². The Bertz CT molecular complexity index is 1600. The number of aromatic nitrogens is 2. The summed E-state index contributed by atoms with van der Waals surface area (Å²) in [7, 11) is 0. The maximum atomic E-state index is 11.7. The number of hydrogen-bond acceptors (Lipinski definition) is 6. The molecule has 0 saturated carbocycles. The number of phenols is 1. The van der Waals surface area contributed by atoms with E-state index in [1.165, 1.54) is 12.1 Å². The van der Waals surface area contributed by atoms with Gasteiger partial charge in [-0.05, 0) is 61.9 Å². The van der Waals surface area contributed by atoms with Crippen molar-refractivity contribution in [2.75, 3.05) is 18.0 Å². The van der Waals surface area contributed by atoms with Crippen LogP contribution in [0.4, 0.5) is 5.69 Å². The van der Waals surface area contributed by atoms with Crippen LogP contribution in [0.1, 0.15) is 47.3 Å². The highest BCUT2D eigenvalue weighted by atomic mass is 16.5. The first-order chi connectivity index (χ1) is 17.5. The molecule has 4 aromatic rings. The number of para-hydroxylation sites is 2. The fraction of sp³-hybridized carbons (Fsp3) is 0.179. The van der Waals surface area contributed by atoms with Crippen LogP contribution in [0.2, 0.25) is 0 Å². The van der Waals surface area contributed by atoms with Gasteiger partial charge in [0.15, 0.2) is 6.17 Å². The van der Waals surface area contributed by atoms with Gasteiger partial charge in [0.05, 0.1) is 16.6 Å². The number of ether oxygens (including phenoxy) is 1. The molecule has 0 fully saturated rings. The highest BCUT2D eigenvalue weighted by Gasteiger charge is 2.34. The summed E-state index contributed by atoms with van der Waals surface area (Å²) in [5.74, 6) is 0.326. The van der Waals surface area contributed by atoms with Crippen LogP contribution < -0.4 is 9.64 Å². The minimum Gasteiger partial charge on any atom is -0.507 e. The number of imidazole rings is 1. The zero-order valence-electron chi connectivity index (χ0n) is 19.8. The number of carboxylic acids is 1. The fourth-order valence-electron chi connectivity index (χ4n) is 4.91. The average molecular weight is 481 g/mol. The number of aliphatic imine (C=N–C) groups is 1. The number of carbonyl (C=O) groups is 1. The van der Waals surface area contributed by atoms with Crippen LogP contribution in [-0.2, 0) is 0 Å². The number of nitrogens with zero attached hydrogens (tertiary/aromatic N) is 4. The first kappa shape index (κ1) is 21.9. The van der Waals surface area contributed by atoms with Crippen LogP contribution in [-0.4, -0.2) is 44.7 Å². The standard InChI is InChI=1S/C28H24N4O4/c1-3-31(4-2)18-11-9-16-13-20-26-29-21-7-5-6-8-22(21)32(26)25(30-27(20)36-24(16)15-18)17-10-12-23(33)19(14-17)28(34)35/h5-15,25,33H,3-4H2,1-2H3,(H,34,35). The van der Waals surface area contributed by atoms with E-state index in [0.29, 0.717) is 23.0 Å². The molecule has 0 bridgehead atoms. The van der Waals surface area contributed by atoms with Crippen molar-refractivity contribution in [3.63, 3.8) is 0 Å². The van der Waals surface area contributed by atoms with Crippen molar-refractivity contribution in [2.24, 2.45) is 4.99 Å². The highest BCUT2D eigenvalue weighted by molar-refractivity contribution is 6.27. The van der Waals surface area contributed by atoms with Crippen molar-refractivity contribution in [2.45, 2.75) is 20.0 Å². The number of anilines is 1. The number of carboxylic acid groups (broad SMARTS) is 1. The molecule has 2 aliphatic rings. The van der Waals surface area contributed by atoms with Crippen LogP contribution >= 0.6 is 0 Å². The number of rotatable bonds is 5. The van der Waals surface area contributed by atoms with E-state index in [-0.39, 0.29) is 11.3 Å². The predicted octanol–water partition coefficient (Wildman–Crippen LogP) is 5.18. The quantitative estimate of drug-likeness (QED) is 0.408. The molecule has 1 aromatic heterocycles. The summed E-state index contributed by atoms with van der Waals surface area (Å²) in [4.78, 5) is 23.8. The number of hydrogen-bond donors (Lipinski definition) is 2. The second-order valence-electron chi connectivity index (χ2n) is 8.74. The summed E-state index contributed by atoms with van der Waals surface area (Å²) in [6.07, 6.45) is 1.42. The Morgan fingerprint density at radius 3 is 2.67 bits per heavy atom. The number of aromatic carboxylic acids is 1. The van der Waals surface area contributed by atoms with Gasteiger partial charge in [-0.2, -0.15) is 0 Å². The Morgan fingerprint density at radius 2 is 1.89 bits per heavy atom. The smallest absolute Gasteiger partial charge is 0.339 e. The lowest BCUT2D eigenvalue weighted by atomic mass is 10.0. The fourth-order valence-corrected chi connectivity index (χ4v) is 4.91. The van der Waals surface area contributed by atoms with Gasteiger partial charge < -0.3 is 19.8 Å². The van der Waals surface area contributed by atoms with E-state index in [4.69, 9.17) is 14.7 Å². The Hall–Kier alpha value is -4.59. The molecule has 0 amide bonds. The molecule has 2 aliphatic heterocycles. The maximum Gasteiger partial charge on any atom is 0.339 e. The lowest BCUT2D eigenvalue weighted by Crippen LogP contribution is -2.27. The van der Waals surface area contributed by atoms with Gasteiger partial charge in [-0.15, -0.1) is 0 Å². The Balaban J connectivity index is 1.55. The molecular weight excluding hydrogens is 456 g/mol. The zero-order chi connectivity index (χ0) is 25.0. The Kier molecular flexibility index (Phi) is 5.03. The molecule has 0 spiro atoms. The monoisotopic (exact) mass is 480 g/mol. The topological polar surface area (TPSA) is 100 Å². The lowest BCUT2D eigenvalue weighted by Gasteiger charge is -2.29. The number of benzene rings is 3. The molecule has 1 unspecified atom stereocenters. The van der Waals surface area contributed by atoms with E-state index < -0.39 is 12.1 Å². The van der Waals surface area contributed by atoms with Gasteiger partial charge >= 0.3 is 5.97 Å². The van der Waals surface area contributed by atoms with Crippen molar-refractivity contribution in [3.8, 4) is 11.5 Å². The second kappa shape index (κ2) is 8.27. The summed E-state index contributed by atoms with van der Waals surface area (Å²) in [6.45, 7) is 6.00. The van der Waals surface area contributed by atoms with Crippen LogP contribution in [0.15, 0.2) is 65.7 Å². The molecule has 180 valence electrons. The molecule has 1 atom stereocenters. The maximum absolute atomic E-state index is 11.7. The summed E-state index contributed by atoms with van der Waals surface area (Å²) in [5, 5.41) is 19.6. The van der Waals surface area contributed by atoms with E-state index in [9.17, 15) is 15.0 Å². The first-order valence-corrected chi connectivity index (χ1v) is 11.9. The van der Waals surface area contributed by atoms with Crippen molar-refractivity contribution in [3.05, 3.63) is 83.2 Å². The Morgan fingerprint density at radius 1 is 1.08 bits per heavy atom. The van der Waals surface area contributed by atoms with Gasteiger partial charge in [-0.1, -0.05) is 18.2 Å². The largest absolute Gasteiger partial charge is 0.507 e. The van der Waals surface area contributed by atoms with Gasteiger partial charge in [0.25, 0.3) is 0 Å². The molecule has 2 N–H and O–H groups in total. The molecule has 8 heteroatoms. The minimum atomic E-state index is -1.21. The van der Waals surface area contributed by atoms with E-state index in [2.05, 4.69) is 24.8 Å². The van der Waals surface area contributed by atoms with E-state index in [0.717, 1.165) is 40.9 Å². The third kappa shape index (κ3) is 3.33. The number of aromatic hydroxyl groups is 1. The van der Waals surface area contributed by atoms with E-state index >= 15 is 0 Å². The average Bonchev–Trinajstić information content (AvgIpc) is 3.28. The summed E-state index contributed by atoms with van der Waals surface area (Å²) in [5.41, 5.74) is 4.87. The van der Waals surface area contributed by atoms with Crippen molar-refractivity contribution < 1.29 is 19.7 Å². The lowest BCUT2D eigenvalue weighted by molar-refractivity contribution is 0.0693. The van der Waals surface area contributed by atoms with Crippen molar-refractivity contribution in [1.82, 2.24) is 9.55 Å². The van der Waals surface area contributed by atoms with Crippen LogP contribution in [0.5, 0.6) is 11.5 Å². The second-order valence-corrected chi connectivity index (χ2v) is 8.74. The molecule has 36 heavy (non-hydrogen) atoms. The van der Waals surface area contributed by atoms with Gasteiger partial charge in [0.1, 0.15) is 22.9 Å². The number of fused-ring (bicyclic) bond motifs is 6. The molecule has 6 rings (SSSR count). The summed E-state index contributed by atoms with van der Waals surface area (Å²) >= 11 is 0. The zero-order valence-corrected chi connectivity index (χ0v) is 19.8. The van der Waals surface area contributed by atoms with E-state index in [1.54, 1.807) is 6.07 Å². The molecule has 0 saturated heterocycles. The van der Waals surface area contributed by atoms with Crippen molar-refractivity contribution in [1.29, 1.82) is 0 Å². The Labute approximate surface area is 207 Å². The SMILES string of the molecule is CCN(CC)c1ccc2c(c1)OC1=NC(c3ccc(O)c(C(=O)O)c3)n3c(nc4ccccc43)C1=C2. The summed E-state index contributed by atoms with van der Waals surface area (Å²) in [6, 6.07) is 18.4. The molecule has 0 radical (unpaired) electrons. The van der Waals surface area contributed by atoms with Gasteiger partial charge in [0.2, 0.25) is 5.90 Å². The van der Waals surface area contributed by atoms with Crippen LogP contribution in [0.25, 0.3) is 22.7 Å². The summed E-state index contributed by atoms with van der Waals surface area (Å²) < 4.78 is 8.35. The minimum absolute atomic E-state index is 0.182. The predicted molar refractivity (Wildman–Crippen MR) is 139 cm³/mol.